The Hall–Kier alpha value is -1.43. The topological polar surface area (TPSA) is 52.8 Å². The molecular formula is C13H17BrN4O. The van der Waals surface area contributed by atoms with E-state index in [4.69, 9.17) is 4.74 Å². The lowest BCUT2D eigenvalue weighted by Gasteiger charge is -2.12. The number of alkyl halides is 1. The molecule has 0 atom stereocenters. The molecule has 0 aliphatic carbocycles. The lowest BCUT2D eigenvalue weighted by Crippen LogP contribution is -2.01. The summed E-state index contributed by atoms with van der Waals surface area (Å²) in [4.78, 5) is 1.46. The molecule has 0 bridgehead atoms. The van der Waals surface area contributed by atoms with E-state index in [9.17, 15) is 0 Å². The molecule has 19 heavy (non-hydrogen) atoms. The maximum absolute atomic E-state index is 5.81. The smallest absolute Gasteiger partial charge is 0.204 e. The normalized spacial score (nSPS) is 10.7. The first kappa shape index (κ1) is 14.0. The van der Waals surface area contributed by atoms with Gasteiger partial charge in [0.1, 0.15) is 5.75 Å². The Labute approximate surface area is 121 Å². The van der Waals surface area contributed by atoms with Gasteiger partial charge in [-0.3, -0.25) is 0 Å². The molecule has 102 valence electrons. The molecule has 1 aromatic heterocycles. The molecule has 0 saturated carbocycles. The van der Waals surface area contributed by atoms with Crippen molar-refractivity contribution in [2.45, 2.75) is 20.3 Å². The Kier molecular flexibility index (Phi) is 4.52. The van der Waals surface area contributed by atoms with Gasteiger partial charge < -0.3 is 4.74 Å². The fraction of sp³-hybridized carbons (Fsp3) is 0.462. The molecule has 0 saturated heterocycles. The quantitative estimate of drug-likeness (QED) is 0.626. The maximum Gasteiger partial charge on any atom is 0.204 e. The van der Waals surface area contributed by atoms with Crippen molar-refractivity contribution in [3.63, 3.8) is 0 Å². The number of hydrogen-bond donors (Lipinski definition) is 0. The second-order valence-electron chi connectivity index (χ2n) is 4.43. The summed E-state index contributed by atoms with van der Waals surface area (Å²) in [5, 5.41) is 13.0. The van der Waals surface area contributed by atoms with E-state index >= 15 is 0 Å². The predicted octanol–water partition coefficient (Wildman–Crippen LogP) is 2.66. The molecular weight excluding hydrogens is 308 g/mol. The summed E-state index contributed by atoms with van der Waals surface area (Å²) in [6.45, 7) is 4.79. The Morgan fingerprint density at radius 1 is 1.26 bits per heavy atom. The van der Waals surface area contributed by atoms with E-state index in [0.29, 0.717) is 5.82 Å². The summed E-state index contributed by atoms with van der Waals surface area (Å²) in [6.07, 6.45) is 0.992. The highest BCUT2D eigenvalue weighted by atomic mass is 79.9. The van der Waals surface area contributed by atoms with Crippen LogP contribution in [0.2, 0.25) is 0 Å². The minimum Gasteiger partial charge on any atom is -0.493 e. The van der Waals surface area contributed by atoms with Gasteiger partial charge in [-0.1, -0.05) is 15.9 Å². The van der Waals surface area contributed by atoms with Gasteiger partial charge in [-0.2, -0.15) is 4.80 Å². The van der Waals surface area contributed by atoms with E-state index in [1.807, 2.05) is 26.0 Å². The van der Waals surface area contributed by atoms with E-state index in [-0.39, 0.29) is 0 Å². The number of halogens is 1. The number of ether oxygens (including phenoxy) is 1. The molecule has 0 spiro atoms. The molecule has 1 aromatic carbocycles. The predicted molar refractivity (Wildman–Crippen MR) is 77.6 cm³/mol. The van der Waals surface area contributed by atoms with Gasteiger partial charge in [0.05, 0.1) is 13.7 Å². The summed E-state index contributed by atoms with van der Waals surface area (Å²) < 4.78 is 5.81. The van der Waals surface area contributed by atoms with Crippen LogP contribution in [0.15, 0.2) is 12.1 Å². The molecule has 2 aromatic rings. The van der Waals surface area contributed by atoms with Gasteiger partial charge in [-0.25, -0.2) is 0 Å². The number of aromatic nitrogens is 4. The molecule has 5 nitrogen and oxygen atoms in total. The van der Waals surface area contributed by atoms with Crippen LogP contribution < -0.4 is 4.74 Å². The van der Waals surface area contributed by atoms with Crippen LogP contribution in [0.3, 0.4) is 0 Å². The van der Waals surface area contributed by atoms with Crippen LogP contribution in [0.25, 0.3) is 11.4 Å². The van der Waals surface area contributed by atoms with Crippen molar-refractivity contribution in [1.29, 1.82) is 0 Å². The van der Waals surface area contributed by atoms with Crippen LogP contribution in [0.1, 0.15) is 17.5 Å². The highest BCUT2D eigenvalue weighted by Crippen LogP contribution is 2.28. The van der Waals surface area contributed by atoms with E-state index in [2.05, 4.69) is 31.3 Å². The Bertz CT molecular complexity index is 545. The monoisotopic (exact) mass is 324 g/mol. The molecule has 0 aliphatic rings. The first-order valence-corrected chi connectivity index (χ1v) is 7.28. The number of benzene rings is 1. The summed E-state index contributed by atoms with van der Waals surface area (Å²) in [5.74, 6) is 1.59. The molecule has 0 N–H and O–H groups in total. The lowest BCUT2D eigenvalue weighted by molar-refractivity contribution is 0.315. The molecule has 0 aliphatic heterocycles. The summed E-state index contributed by atoms with van der Waals surface area (Å²) >= 11 is 3.40. The van der Waals surface area contributed by atoms with E-state index < -0.39 is 0 Å². The zero-order chi connectivity index (χ0) is 13.8. The van der Waals surface area contributed by atoms with Gasteiger partial charge in [-0.15, -0.1) is 10.2 Å². The fourth-order valence-corrected chi connectivity index (χ4v) is 2.16. The Morgan fingerprint density at radius 2 is 1.95 bits per heavy atom. The first-order chi connectivity index (χ1) is 9.11. The van der Waals surface area contributed by atoms with Crippen LogP contribution in [-0.2, 0) is 7.05 Å². The minimum atomic E-state index is 0.640. The Balaban J connectivity index is 2.26. The van der Waals surface area contributed by atoms with Gasteiger partial charge in [0.25, 0.3) is 0 Å². The number of tetrazole rings is 1. The zero-order valence-corrected chi connectivity index (χ0v) is 12.9. The molecule has 6 heteroatoms. The first-order valence-electron chi connectivity index (χ1n) is 6.16. The number of rotatable bonds is 5. The van der Waals surface area contributed by atoms with E-state index in [1.54, 1.807) is 7.05 Å². The average Bonchev–Trinajstić information content (AvgIpc) is 2.79. The van der Waals surface area contributed by atoms with Gasteiger partial charge in [0, 0.05) is 10.9 Å². The third-order valence-electron chi connectivity index (χ3n) is 2.75. The fourth-order valence-electron chi connectivity index (χ4n) is 1.94. The van der Waals surface area contributed by atoms with Crippen LogP contribution in [0, 0.1) is 13.8 Å². The molecule has 0 unspecified atom stereocenters. The van der Waals surface area contributed by atoms with Gasteiger partial charge >= 0.3 is 0 Å². The minimum absolute atomic E-state index is 0.640. The second kappa shape index (κ2) is 6.14. The molecule has 0 amide bonds. The summed E-state index contributed by atoms with van der Waals surface area (Å²) in [6, 6.07) is 4.07. The SMILES string of the molecule is Cc1cc(-c2nnn(C)n2)cc(C)c1OCCCBr. The van der Waals surface area contributed by atoms with Crippen molar-refractivity contribution in [2.75, 3.05) is 11.9 Å². The standard InChI is InChI=1S/C13H17BrN4O/c1-9-7-11(13-15-17-18(3)16-13)8-10(2)12(9)19-6-4-5-14/h7-8H,4-6H2,1-3H3. The van der Waals surface area contributed by atoms with Gasteiger partial charge in [0.2, 0.25) is 5.82 Å². The van der Waals surface area contributed by atoms with Gasteiger partial charge in [-0.05, 0) is 48.7 Å². The highest BCUT2D eigenvalue weighted by molar-refractivity contribution is 9.09. The molecule has 0 radical (unpaired) electrons. The maximum atomic E-state index is 5.81. The number of hydrogen-bond acceptors (Lipinski definition) is 4. The van der Waals surface area contributed by atoms with Crippen LogP contribution in [0.5, 0.6) is 5.75 Å². The average molecular weight is 325 g/mol. The van der Waals surface area contributed by atoms with Crippen molar-refractivity contribution in [2.24, 2.45) is 7.05 Å². The molecule has 0 fully saturated rings. The van der Waals surface area contributed by atoms with Crippen molar-refractivity contribution < 1.29 is 4.74 Å². The van der Waals surface area contributed by atoms with Crippen molar-refractivity contribution in [1.82, 2.24) is 20.2 Å². The van der Waals surface area contributed by atoms with Crippen molar-refractivity contribution in [3.05, 3.63) is 23.3 Å². The molecule has 1 heterocycles. The third-order valence-corrected chi connectivity index (χ3v) is 3.31. The summed E-state index contributed by atoms with van der Waals surface area (Å²) in [7, 11) is 1.76. The van der Waals surface area contributed by atoms with E-state index in [1.165, 1.54) is 4.80 Å². The van der Waals surface area contributed by atoms with Crippen molar-refractivity contribution in [3.8, 4) is 17.1 Å². The Morgan fingerprint density at radius 3 is 2.47 bits per heavy atom. The second-order valence-corrected chi connectivity index (χ2v) is 5.23. The lowest BCUT2D eigenvalue weighted by atomic mass is 10.1. The number of nitrogens with zero attached hydrogens (tertiary/aromatic N) is 4. The zero-order valence-electron chi connectivity index (χ0n) is 11.4. The van der Waals surface area contributed by atoms with Crippen LogP contribution >= 0.6 is 15.9 Å². The van der Waals surface area contributed by atoms with Crippen LogP contribution in [-0.4, -0.2) is 32.1 Å². The largest absolute Gasteiger partial charge is 0.493 e. The van der Waals surface area contributed by atoms with Crippen LogP contribution in [0.4, 0.5) is 0 Å². The van der Waals surface area contributed by atoms with Gasteiger partial charge in [0.15, 0.2) is 0 Å². The molecule has 2 rings (SSSR count). The van der Waals surface area contributed by atoms with Crippen molar-refractivity contribution >= 4 is 15.9 Å². The third kappa shape index (κ3) is 3.32. The van der Waals surface area contributed by atoms with E-state index in [0.717, 1.165) is 40.8 Å². The highest BCUT2D eigenvalue weighted by Gasteiger charge is 2.10. The summed E-state index contributed by atoms with van der Waals surface area (Å²) in [5.41, 5.74) is 3.16. The number of aryl methyl sites for hydroxylation is 3.